The lowest BCUT2D eigenvalue weighted by Crippen LogP contribution is -2.48. The van der Waals surface area contributed by atoms with E-state index < -0.39 is 10.0 Å². The number of rotatable bonds is 4. The Hall–Kier alpha value is -0.660. The Kier molecular flexibility index (Phi) is 3.90. The van der Waals surface area contributed by atoms with Crippen molar-refractivity contribution in [2.24, 2.45) is 0 Å². The molecule has 122 valence electrons. The fourth-order valence-electron chi connectivity index (χ4n) is 3.43. The van der Waals surface area contributed by atoms with Gasteiger partial charge >= 0.3 is 0 Å². The summed E-state index contributed by atoms with van der Waals surface area (Å²) in [5.74, 6) is 0. The predicted octanol–water partition coefficient (Wildman–Crippen LogP) is 2.07. The smallest absolute Gasteiger partial charge is 0.214 e. The highest BCUT2D eigenvalue weighted by Crippen LogP contribution is 2.33. The number of fused-ring (bicyclic) bond motifs is 1. The minimum atomic E-state index is -3.09. The molecule has 0 aromatic carbocycles. The molecule has 7 heteroatoms. The Morgan fingerprint density at radius 3 is 2.73 bits per heavy atom. The maximum Gasteiger partial charge on any atom is 0.214 e. The first kappa shape index (κ1) is 14.9. The fourth-order valence-corrected chi connectivity index (χ4v) is 6.22. The number of sulfonamides is 1. The average Bonchev–Trinajstić information content (AvgIpc) is 3.27. The second-order valence-corrected chi connectivity index (χ2v) is 9.78. The summed E-state index contributed by atoms with van der Waals surface area (Å²) in [4.78, 5) is 8.55. The summed E-state index contributed by atoms with van der Waals surface area (Å²) in [7, 11) is -3.09. The molecule has 2 aliphatic carbocycles. The van der Waals surface area contributed by atoms with Gasteiger partial charge in [-0.2, -0.15) is 0 Å². The molecule has 5 nitrogen and oxygen atoms in total. The number of hydrogen-bond acceptors (Lipinski definition) is 5. The summed E-state index contributed by atoms with van der Waals surface area (Å²) in [6.07, 6.45) is 8.42. The molecule has 4 rings (SSSR count). The molecule has 1 saturated carbocycles. The Bertz CT molecular complexity index is 628. The zero-order valence-corrected chi connectivity index (χ0v) is 14.4. The van der Waals surface area contributed by atoms with Crippen molar-refractivity contribution < 1.29 is 8.42 Å². The molecule has 1 saturated heterocycles. The summed E-state index contributed by atoms with van der Waals surface area (Å²) in [6.45, 7) is 1.76. The maximum absolute atomic E-state index is 12.1. The number of nitrogens with one attached hydrogen (secondary N) is 1. The van der Waals surface area contributed by atoms with Crippen LogP contribution in [0.25, 0.3) is 0 Å². The van der Waals surface area contributed by atoms with Crippen LogP contribution in [0.15, 0.2) is 0 Å². The summed E-state index contributed by atoms with van der Waals surface area (Å²) in [5, 5.41) is 0.970. The lowest BCUT2D eigenvalue weighted by Gasteiger charge is -2.32. The van der Waals surface area contributed by atoms with Gasteiger partial charge in [-0.15, -0.1) is 11.3 Å². The second kappa shape index (κ2) is 5.76. The lowest BCUT2D eigenvalue weighted by molar-refractivity contribution is 0.465. The normalized spacial score (nSPS) is 26.0. The maximum atomic E-state index is 12.1. The van der Waals surface area contributed by atoms with Crippen LogP contribution in [0, 0.1) is 0 Å². The third-order valence-corrected chi connectivity index (χ3v) is 8.05. The molecule has 0 spiro atoms. The number of anilines is 1. The molecule has 1 atom stereocenters. The van der Waals surface area contributed by atoms with E-state index in [2.05, 4.69) is 9.62 Å². The van der Waals surface area contributed by atoms with E-state index in [4.69, 9.17) is 4.98 Å². The van der Waals surface area contributed by atoms with Crippen molar-refractivity contribution in [2.45, 2.75) is 62.7 Å². The standard InChI is InChI=1S/C15H23N3O2S2/c19-22(20,12-7-8-12)17-11-4-3-9-18(10-11)15-16-13-5-1-2-6-14(13)21-15/h11-12,17H,1-10H2. The van der Waals surface area contributed by atoms with Crippen molar-refractivity contribution in [3.8, 4) is 0 Å². The van der Waals surface area contributed by atoms with Gasteiger partial charge < -0.3 is 4.90 Å². The van der Waals surface area contributed by atoms with Crippen LogP contribution in [0.5, 0.6) is 0 Å². The highest BCUT2D eigenvalue weighted by Gasteiger charge is 2.37. The minimum absolute atomic E-state index is 0.0419. The van der Waals surface area contributed by atoms with E-state index >= 15 is 0 Å². The number of aryl methyl sites for hydroxylation is 2. The van der Waals surface area contributed by atoms with Gasteiger partial charge in [-0.1, -0.05) is 0 Å². The van der Waals surface area contributed by atoms with E-state index in [0.717, 1.165) is 50.3 Å². The summed E-state index contributed by atoms with van der Waals surface area (Å²) in [5.41, 5.74) is 1.28. The van der Waals surface area contributed by atoms with E-state index in [1.54, 1.807) is 0 Å². The monoisotopic (exact) mass is 341 g/mol. The fraction of sp³-hybridized carbons (Fsp3) is 0.800. The molecular weight excluding hydrogens is 318 g/mol. The molecule has 22 heavy (non-hydrogen) atoms. The third kappa shape index (κ3) is 3.03. The molecular formula is C15H23N3O2S2. The van der Waals surface area contributed by atoms with Gasteiger partial charge in [-0.25, -0.2) is 18.1 Å². The Labute approximate surface area is 136 Å². The van der Waals surface area contributed by atoms with E-state index in [-0.39, 0.29) is 11.3 Å². The SMILES string of the molecule is O=S(=O)(NC1CCCN(c2nc3c(s2)CCCC3)C1)C1CC1. The van der Waals surface area contributed by atoms with E-state index in [1.807, 2.05) is 11.3 Å². The van der Waals surface area contributed by atoms with Crippen molar-refractivity contribution in [3.63, 3.8) is 0 Å². The number of aromatic nitrogens is 1. The van der Waals surface area contributed by atoms with Crippen LogP contribution in [0.4, 0.5) is 5.13 Å². The highest BCUT2D eigenvalue weighted by molar-refractivity contribution is 7.90. The van der Waals surface area contributed by atoms with Crippen LogP contribution >= 0.6 is 11.3 Å². The van der Waals surface area contributed by atoms with Crippen LogP contribution in [-0.4, -0.2) is 37.8 Å². The first-order valence-corrected chi connectivity index (χ1v) is 10.7. The highest BCUT2D eigenvalue weighted by atomic mass is 32.2. The zero-order valence-electron chi connectivity index (χ0n) is 12.8. The van der Waals surface area contributed by atoms with Crippen LogP contribution < -0.4 is 9.62 Å². The Balaban J connectivity index is 1.45. The molecule has 0 amide bonds. The Morgan fingerprint density at radius 1 is 1.14 bits per heavy atom. The van der Waals surface area contributed by atoms with Gasteiger partial charge in [0, 0.05) is 24.0 Å². The van der Waals surface area contributed by atoms with Crippen LogP contribution in [-0.2, 0) is 22.9 Å². The molecule has 1 aromatic heterocycles. The van der Waals surface area contributed by atoms with Gasteiger partial charge in [0.15, 0.2) is 5.13 Å². The summed E-state index contributed by atoms with van der Waals surface area (Å²) >= 11 is 1.82. The summed E-state index contributed by atoms with van der Waals surface area (Å²) in [6, 6.07) is 0.0419. The number of nitrogens with zero attached hydrogens (tertiary/aromatic N) is 2. The molecule has 1 aromatic rings. The molecule has 2 heterocycles. The topological polar surface area (TPSA) is 62.3 Å². The van der Waals surface area contributed by atoms with Gasteiger partial charge in [0.1, 0.15) is 0 Å². The van der Waals surface area contributed by atoms with E-state index in [1.165, 1.54) is 29.8 Å². The van der Waals surface area contributed by atoms with Crippen molar-refractivity contribution in [2.75, 3.05) is 18.0 Å². The molecule has 0 radical (unpaired) electrons. The number of piperidine rings is 1. The third-order valence-electron chi connectivity index (χ3n) is 4.82. The van der Waals surface area contributed by atoms with E-state index in [9.17, 15) is 8.42 Å². The summed E-state index contributed by atoms with van der Waals surface area (Å²) < 4.78 is 27.2. The first-order valence-electron chi connectivity index (χ1n) is 8.36. The molecule has 3 aliphatic rings. The van der Waals surface area contributed by atoms with Crippen molar-refractivity contribution in [1.29, 1.82) is 0 Å². The van der Waals surface area contributed by atoms with Crippen molar-refractivity contribution >= 4 is 26.5 Å². The Morgan fingerprint density at radius 2 is 1.95 bits per heavy atom. The number of thiazole rings is 1. The lowest BCUT2D eigenvalue weighted by atomic mass is 10.0. The van der Waals surface area contributed by atoms with E-state index in [0.29, 0.717) is 0 Å². The average molecular weight is 342 g/mol. The van der Waals surface area contributed by atoms with Crippen molar-refractivity contribution in [1.82, 2.24) is 9.71 Å². The number of hydrogen-bond donors (Lipinski definition) is 1. The van der Waals surface area contributed by atoms with Crippen LogP contribution in [0.1, 0.15) is 49.1 Å². The van der Waals surface area contributed by atoms with Crippen LogP contribution in [0.3, 0.4) is 0 Å². The van der Waals surface area contributed by atoms with Gasteiger partial charge in [0.25, 0.3) is 0 Å². The van der Waals surface area contributed by atoms with Gasteiger partial charge in [-0.05, 0) is 51.4 Å². The largest absolute Gasteiger partial charge is 0.346 e. The molecule has 2 fully saturated rings. The quantitative estimate of drug-likeness (QED) is 0.911. The second-order valence-electron chi connectivity index (χ2n) is 6.72. The first-order chi connectivity index (χ1) is 10.6. The zero-order chi connectivity index (χ0) is 15.2. The van der Waals surface area contributed by atoms with Crippen LogP contribution in [0.2, 0.25) is 0 Å². The molecule has 1 aliphatic heterocycles. The van der Waals surface area contributed by atoms with Gasteiger partial charge in [0.05, 0.1) is 10.9 Å². The van der Waals surface area contributed by atoms with Gasteiger partial charge in [-0.3, -0.25) is 0 Å². The molecule has 1 N–H and O–H groups in total. The minimum Gasteiger partial charge on any atom is -0.346 e. The van der Waals surface area contributed by atoms with Gasteiger partial charge in [0.2, 0.25) is 10.0 Å². The predicted molar refractivity (Wildman–Crippen MR) is 89.1 cm³/mol. The van der Waals surface area contributed by atoms with Crippen molar-refractivity contribution in [3.05, 3.63) is 10.6 Å². The molecule has 0 bridgehead atoms. The molecule has 1 unspecified atom stereocenters.